The number of anilines is 1. The van der Waals surface area contributed by atoms with E-state index in [-0.39, 0.29) is 17.7 Å². The average molecular weight is 474 g/mol. The fourth-order valence-electron chi connectivity index (χ4n) is 3.52. The van der Waals surface area contributed by atoms with Crippen LogP contribution in [-0.4, -0.2) is 60.7 Å². The summed E-state index contributed by atoms with van der Waals surface area (Å²) in [6, 6.07) is 17.3. The molecule has 0 aliphatic carbocycles. The first-order valence-electron chi connectivity index (χ1n) is 9.41. The van der Waals surface area contributed by atoms with Crippen molar-refractivity contribution in [3.8, 4) is 0 Å². The van der Waals surface area contributed by atoms with Crippen molar-refractivity contribution in [3.05, 3.63) is 60.2 Å². The molecule has 4 nitrogen and oxygen atoms in total. The third-order valence-electron chi connectivity index (χ3n) is 5.00. The summed E-state index contributed by atoms with van der Waals surface area (Å²) in [5.74, 6) is 2.01. The van der Waals surface area contributed by atoms with Crippen molar-refractivity contribution in [2.45, 2.75) is 6.42 Å². The number of rotatable bonds is 4. The number of benzene rings is 2. The molecule has 2 amide bonds. The molecule has 2 heterocycles. The molecular formula is C21H23AsN2O2S2. The number of hydrogen-bond donors (Lipinski definition) is 0. The Hall–Kier alpha value is -1.20. The molecule has 28 heavy (non-hydrogen) atoms. The van der Waals surface area contributed by atoms with Gasteiger partial charge in [0.25, 0.3) is 0 Å². The molecule has 2 fully saturated rings. The van der Waals surface area contributed by atoms with Crippen LogP contribution in [0.1, 0.15) is 16.8 Å². The van der Waals surface area contributed by atoms with Gasteiger partial charge in [0.15, 0.2) is 0 Å². The molecule has 0 radical (unpaired) electrons. The van der Waals surface area contributed by atoms with E-state index in [0.29, 0.717) is 17.8 Å². The SMILES string of the molecule is CN1CCC(C(=O)N(C(=O)c2ccccc2)c2ccc([As]3SCCS3)cc2)C1. The first kappa shape index (κ1) is 20.1. The Bertz CT molecular complexity index is 841. The molecule has 2 aliphatic heterocycles. The van der Waals surface area contributed by atoms with Crippen molar-refractivity contribution in [2.75, 3.05) is 36.5 Å². The molecule has 146 valence electrons. The zero-order valence-electron chi connectivity index (χ0n) is 15.8. The molecule has 1 unspecified atom stereocenters. The van der Waals surface area contributed by atoms with Crippen LogP contribution in [-0.2, 0) is 4.79 Å². The van der Waals surface area contributed by atoms with E-state index in [4.69, 9.17) is 0 Å². The van der Waals surface area contributed by atoms with Crippen LogP contribution < -0.4 is 9.25 Å². The molecule has 0 aromatic heterocycles. The number of likely N-dealkylation sites (tertiary alicyclic amines) is 1. The molecule has 0 saturated carbocycles. The summed E-state index contributed by atoms with van der Waals surface area (Å²) >= 11 is -1.06. The van der Waals surface area contributed by atoms with E-state index in [1.54, 1.807) is 12.1 Å². The third-order valence-corrected chi connectivity index (χ3v) is 18.7. The van der Waals surface area contributed by atoms with Gasteiger partial charge in [-0.25, -0.2) is 0 Å². The third kappa shape index (κ3) is 4.35. The second kappa shape index (κ2) is 9.08. The fraction of sp³-hybridized carbons (Fsp3) is 0.333. The molecule has 1 atom stereocenters. The van der Waals surface area contributed by atoms with Gasteiger partial charge in [0.05, 0.1) is 0 Å². The van der Waals surface area contributed by atoms with Gasteiger partial charge in [0.2, 0.25) is 0 Å². The summed E-state index contributed by atoms with van der Waals surface area (Å²) in [5.41, 5.74) is 1.23. The predicted molar refractivity (Wildman–Crippen MR) is 121 cm³/mol. The van der Waals surface area contributed by atoms with E-state index in [9.17, 15) is 9.59 Å². The van der Waals surface area contributed by atoms with Gasteiger partial charge in [-0.1, -0.05) is 0 Å². The number of nitrogens with zero attached hydrogens (tertiary/aromatic N) is 2. The first-order valence-corrected chi connectivity index (χ1v) is 16.8. The minimum atomic E-state index is -1.06. The van der Waals surface area contributed by atoms with Crippen LogP contribution in [0.25, 0.3) is 0 Å². The van der Waals surface area contributed by atoms with Crippen molar-refractivity contribution in [2.24, 2.45) is 5.92 Å². The van der Waals surface area contributed by atoms with Gasteiger partial charge >= 0.3 is 178 Å². The van der Waals surface area contributed by atoms with E-state index in [0.717, 1.165) is 13.0 Å². The summed E-state index contributed by atoms with van der Waals surface area (Å²) in [6.07, 6.45) is 0.800. The summed E-state index contributed by atoms with van der Waals surface area (Å²) in [5, 5.41) is 0. The van der Waals surface area contributed by atoms with Crippen LogP contribution in [0.15, 0.2) is 54.6 Å². The Morgan fingerprint density at radius 1 is 1.04 bits per heavy atom. The Kier molecular flexibility index (Phi) is 6.51. The van der Waals surface area contributed by atoms with Gasteiger partial charge in [0.1, 0.15) is 0 Å². The second-order valence-corrected chi connectivity index (χ2v) is 18.8. The van der Waals surface area contributed by atoms with Crippen LogP contribution in [0.4, 0.5) is 5.69 Å². The number of amides is 2. The van der Waals surface area contributed by atoms with Gasteiger partial charge in [0, 0.05) is 0 Å². The molecular weight excluding hydrogens is 451 g/mol. The average Bonchev–Trinajstić information content (AvgIpc) is 3.41. The van der Waals surface area contributed by atoms with E-state index < -0.39 is 12.3 Å². The van der Waals surface area contributed by atoms with Gasteiger partial charge in [-0.05, 0) is 0 Å². The molecule has 4 rings (SSSR count). The van der Waals surface area contributed by atoms with Crippen LogP contribution in [0.2, 0.25) is 0 Å². The summed E-state index contributed by atoms with van der Waals surface area (Å²) in [7, 11) is 6.21. The van der Waals surface area contributed by atoms with Crippen molar-refractivity contribution in [3.63, 3.8) is 0 Å². The Morgan fingerprint density at radius 3 is 2.32 bits per heavy atom. The van der Waals surface area contributed by atoms with E-state index in [1.165, 1.54) is 20.8 Å². The molecule has 2 aromatic rings. The summed E-state index contributed by atoms with van der Waals surface area (Å²) in [6.45, 7) is 1.60. The zero-order valence-corrected chi connectivity index (χ0v) is 19.3. The van der Waals surface area contributed by atoms with Gasteiger partial charge in [-0.3, -0.25) is 0 Å². The topological polar surface area (TPSA) is 40.6 Å². The molecule has 2 aliphatic rings. The maximum absolute atomic E-state index is 13.3. The molecule has 7 heteroatoms. The summed E-state index contributed by atoms with van der Waals surface area (Å²) in [4.78, 5) is 30.1. The van der Waals surface area contributed by atoms with Crippen molar-refractivity contribution < 1.29 is 9.59 Å². The quantitative estimate of drug-likeness (QED) is 0.504. The Morgan fingerprint density at radius 2 is 1.71 bits per heavy atom. The second-order valence-electron chi connectivity index (χ2n) is 7.03. The summed E-state index contributed by atoms with van der Waals surface area (Å²) < 4.78 is 1.39. The number of imide groups is 1. The van der Waals surface area contributed by atoms with Crippen molar-refractivity contribution >= 4 is 54.2 Å². The number of carbonyl (C=O) groups excluding carboxylic acids is 2. The Labute approximate surface area is 177 Å². The van der Waals surface area contributed by atoms with Crippen molar-refractivity contribution in [1.29, 1.82) is 0 Å². The first-order chi connectivity index (χ1) is 13.6. The molecule has 0 bridgehead atoms. The van der Waals surface area contributed by atoms with Crippen LogP contribution >= 0.6 is 20.0 Å². The zero-order chi connectivity index (χ0) is 19.5. The van der Waals surface area contributed by atoms with Crippen molar-refractivity contribution in [1.82, 2.24) is 4.90 Å². The molecule has 2 aromatic carbocycles. The van der Waals surface area contributed by atoms with E-state index in [1.807, 2.05) is 37.4 Å². The maximum atomic E-state index is 13.3. The normalized spacial score (nSPS) is 20.4. The Balaban J connectivity index is 1.64. The monoisotopic (exact) mass is 474 g/mol. The standard InChI is InChI=1S/C21H23AsN2O2S2/c1-23-12-11-17(15-23)21(26)24(20(25)16-5-3-2-4-6-16)19-9-7-18(8-10-19)22-27-13-14-28-22/h2-10,17H,11-15H2,1H3. The fourth-order valence-corrected chi connectivity index (χ4v) is 17.6. The molecule has 0 spiro atoms. The predicted octanol–water partition coefficient (Wildman–Crippen LogP) is 2.99. The van der Waals surface area contributed by atoms with Crippen LogP contribution in [0.3, 0.4) is 0 Å². The molecule has 0 N–H and O–H groups in total. The van der Waals surface area contributed by atoms with Crippen LogP contribution in [0.5, 0.6) is 0 Å². The number of hydrogen-bond acceptors (Lipinski definition) is 5. The van der Waals surface area contributed by atoms with E-state index >= 15 is 0 Å². The van der Waals surface area contributed by atoms with Gasteiger partial charge < -0.3 is 0 Å². The minimum absolute atomic E-state index is 0.0894. The molecule has 2 saturated heterocycles. The van der Waals surface area contributed by atoms with Gasteiger partial charge in [-0.15, -0.1) is 0 Å². The van der Waals surface area contributed by atoms with Gasteiger partial charge in [-0.2, -0.15) is 0 Å². The van der Waals surface area contributed by atoms with Crippen LogP contribution in [0, 0.1) is 5.92 Å². The number of carbonyl (C=O) groups is 2. The van der Waals surface area contributed by atoms with E-state index in [2.05, 4.69) is 37.1 Å².